The lowest BCUT2D eigenvalue weighted by Gasteiger charge is -2.22. The summed E-state index contributed by atoms with van der Waals surface area (Å²) in [7, 11) is 0. The van der Waals surface area contributed by atoms with Gasteiger partial charge in [-0.05, 0) is 32.1 Å². The van der Waals surface area contributed by atoms with Crippen LogP contribution in [0, 0.1) is 12.8 Å². The molecule has 1 aliphatic carbocycles. The number of oxazole rings is 1. The smallest absolute Gasteiger partial charge is 0.244 e. The van der Waals surface area contributed by atoms with E-state index in [1.807, 2.05) is 6.92 Å². The summed E-state index contributed by atoms with van der Waals surface area (Å²) in [6.45, 7) is 4.21. The Morgan fingerprint density at radius 3 is 2.69 bits per heavy atom. The molecule has 7 nitrogen and oxygen atoms in total. The third-order valence-electron chi connectivity index (χ3n) is 6.48. The summed E-state index contributed by atoms with van der Waals surface area (Å²) in [5, 5.41) is 12.5. The van der Waals surface area contributed by atoms with Gasteiger partial charge in [0.15, 0.2) is 5.89 Å². The van der Waals surface area contributed by atoms with Crippen molar-refractivity contribution in [2.45, 2.75) is 96.1 Å². The van der Waals surface area contributed by atoms with Gasteiger partial charge in [0.2, 0.25) is 5.91 Å². The first kappa shape index (κ1) is 22.2. The molecule has 2 fully saturated rings. The van der Waals surface area contributed by atoms with Gasteiger partial charge < -0.3 is 14.5 Å². The van der Waals surface area contributed by atoms with Gasteiger partial charge in [0, 0.05) is 38.1 Å². The number of ether oxygens (including phenoxy) is 1. The summed E-state index contributed by atoms with van der Waals surface area (Å²) < 4.78 is 11.4. The molecule has 1 aliphatic heterocycles. The second-order valence-electron chi connectivity index (χ2n) is 8.69. The first-order valence-corrected chi connectivity index (χ1v) is 11.4. The number of hydrogen-bond donors (Lipinski definition) is 3. The largest absolute Gasteiger partial charge is 0.445 e. The maximum atomic E-state index is 11.8. The van der Waals surface area contributed by atoms with Crippen molar-refractivity contribution in [1.82, 2.24) is 15.8 Å². The van der Waals surface area contributed by atoms with E-state index in [1.54, 1.807) is 5.48 Å². The lowest BCUT2D eigenvalue weighted by Crippen LogP contribution is -2.34. The molecular weight excluding hydrogens is 370 g/mol. The highest BCUT2D eigenvalue weighted by molar-refractivity contribution is 5.75. The molecule has 1 aromatic rings. The van der Waals surface area contributed by atoms with Crippen LogP contribution in [-0.2, 0) is 16.1 Å². The Morgan fingerprint density at radius 1 is 1.21 bits per heavy atom. The highest BCUT2D eigenvalue weighted by Crippen LogP contribution is 2.32. The standard InChI is InChI=1S/C22H37N3O4/c1-16-20(15-23-19-10-12-28-13-11-19)24-22(29-16)18(14-21(26)25-27)9-5-8-17-6-3-2-4-7-17/h17-19,23,27H,2-15H2,1H3,(H,25,26)/t18-/m1/s1. The van der Waals surface area contributed by atoms with Crippen LogP contribution in [-0.4, -0.2) is 35.4 Å². The van der Waals surface area contributed by atoms with Gasteiger partial charge in [-0.1, -0.05) is 44.9 Å². The number of aromatic nitrogens is 1. The number of hydrogen-bond acceptors (Lipinski definition) is 6. The Kier molecular flexibility index (Phi) is 8.95. The van der Waals surface area contributed by atoms with Crippen molar-refractivity contribution in [1.29, 1.82) is 0 Å². The SMILES string of the molecule is Cc1oc([C@H](CCCC2CCCCC2)CC(=O)NO)nc1CNC1CCOCC1. The van der Waals surface area contributed by atoms with Gasteiger partial charge in [-0.15, -0.1) is 0 Å². The van der Waals surface area contributed by atoms with Gasteiger partial charge in [0.05, 0.1) is 5.69 Å². The highest BCUT2D eigenvalue weighted by Gasteiger charge is 2.24. The maximum Gasteiger partial charge on any atom is 0.244 e. The molecule has 0 unspecified atom stereocenters. The molecular formula is C22H37N3O4. The molecule has 0 spiro atoms. The van der Waals surface area contributed by atoms with Crippen LogP contribution >= 0.6 is 0 Å². The van der Waals surface area contributed by atoms with E-state index < -0.39 is 0 Å². The number of hydroxylamine groups is 1. The van der Waals surface area contributed by atoms with Crippen LogP contribution in [0.25, 0.3) is 0 Å². The van der Waals surface area contributed by atoms with Gasteiger partial charge >= 0.3 is 0 Å². The molecule has 1 atom stereocenters. The number of carbonyl (C=O) groups is 1. The molecule has 164 valence electrons. The summed E-state index contributed by atoms with van der Waals surface area (Å²) in [5.41, 5.74) is 2.67. The van der Waals surface area contributed by atoms with E-state index in [0.717, 1.165) is 56.3 Å². The zero-order valence-electron chi connectivity index (χ0n) is 17.8. The van der Waals surface area contributed by atoms with E-state index in [4.69, 9.17) is 19.3 Å². The first-order valence-electron chi connectivity index (χ1n) is 11.4. The fraction of sp³-hybridized carbons (Fsp3) is 0.818. The third-order valence-corrected chi connectivity index (χ3v) is 6.48. The molecule has 1 saturated heterocycles. The summed E-state index contributed by atoms with van der Waals surface area (Å²) >= 11 is 0. The van der Waals surface area contributed by atoms with Crippen molar-refractivity contribution in [2.24, 2.45) is 5.92 Å². The molecule has 0 bridgehead atoms. The summed E-state index contributed by atoms with van der Waals surface area (Å²) in [5.74, 6) is 1.77. The van der Waals surface area contributed by atoms with E-state index in [9.17, 15) is 4.79 Å². The zero-order chi connectivity index (χ0) is 20.5. The monoisotopic (exact) mass is 407 g/mol. The number of amides is 1. The van der Waals surface area contributed by atoms with Crippen molar-refractivity contribution in [3.05, 3.63) is 17.3 Å². The fourth-order valence-corrected chi connectivity index (χ4v) is 4.64. The second-order valence-corrected chi connectivity index (χ2v) is 8.69. The van der Waals surface area contributed by atoms with Gasteiger partial charge in [0.1, 0.15) is 5.76 Å². The van der Waals surface area contributed by atoms with E-state index in [0.29, 0.717) is 18.5 Å². The van der Waals surface area contributed by atoms with Crippen LogP contribution in [0.2, 0.25) is 0 Å². The Bertz CT molecular complexity index is 622. The van der Waals surface area contributed by atoms with E-state index >= 15 is 0 Å². The van der Waals surface area contributed by atoms with Crippen LogP contribution in [0.4, 0.5) is 0 Å². The van der Waals surface area contributed by atoms with Crippen LogP contribution in [0.1, 0.15) is 93.9 Å². The molecule has 3 N–H and O–H groups in total. The van der Waals surface area contributed by atoms with Crippen LogP contribution in [0.3, 0.4) is 0 Å². The molecule has 0 radical (unpaired) electrons. The van der Waals surface area contributed by atoms with Crippen molar-refractivity contribution < 1.29 is 19.2 Å². The van der Waals surface area contributed by atoms with Gasteiger partial charge in [-0.3, -0.25) is 10.0 Å². The number of carbonyl (C=O) groups excluding carboxylic acids is 1. The molecule has 3 rings (SSSR count). The molecule has 1 aromatic heterocycles. The number of aryl methyl sites for hydroxylation is 1. The predicted octanol–water partition coefficient (Wildman–Crippen LogP) is 3.98. The minimum atomic E-state index is -0.384. The molecule has 1 amide bonds. The minimum Gasteiger partial charge on any atom is -0.445 e. The summed E-state index contributed by atoms with van der Waals surface area (Å²) in [6.07, 6.45) is 12.1. The van der Waals surface area contributed by atoms with Crippen molar-refractivity contribution in [3.63, 3.8) is 0 Å². The van der Waals surface area contributed by atoms with E-state index in [-0.39, 0.29) is 18.2 Å². The van der Waals surface area contributed by atoms with Crippen LogP contribution in [0.5, 0.6) is 0 Å². The fourth-order valence-electron chi connectivity index (χ4n) is 4.64. The molecule has 7 heteroatoms. The normalized spacial score (nSPS) is 19.9. The number of rotatable bonds is 10. The molecule has 29 heavy (non-hydrogen) atoms. The van der Waals surface area contributed by atoms with Crippen molar-refractivity contribution >= 4 is 5.91 Å². The van der Waals surface area contributed by atoms with E-state index in [1.165, 1.54) is 38.5 Å². The third kappa shape index (κ3) is 7.08. The minimum absolute atomic E-state index is 0.0960. The van der Waals surface area contributed by atoms with Crippen LogP contribution < -0.4 is 10.8 Å². The number of nitrogens with one attached hydrogen (secondary N) is 2. The highest BCUT2D eigenvalue weighted by atomic mass is 16.5. The Balaban J connectivity index is 1.56. The lowest BCUT2D eigenvalue weighted by atomic mass is 9.84. The average Bonchev–Trinajstić information content (AvgIpc) is 3.13. The first-order chi connectivity index (χ1) is 14.2. The maximum absolute atomic E-state index is 11.8. The Hall–Kier alpha value is -1.44. The van der Waals surface area contributed by atoms with Gasteiger partial charge in [0.25, 0.3) is 0 Å². The topological polar surface area (TPSA) is 96.6 Å². The second kappa shape index (κ2) is 11.7. The predicted molar refractivity (Wildman–Crippen MR) is 110 cm³/mol. The van der Waals surface area contributed by atoms with Gasteiger partial charge in [-0.2, -0.15) is 0 Å². The zero-order valence-corrected chi connectivity index (χ0v) is 17.8. The quantitative estimate of drug-likeness (QED) is 0.401. The van der Waals surface area contributed by atoms with Crippen molar-refractivity contribution in [2.75, 3.05) is 13.2 Å². The molecule has 1 saturated carbocycles. The Labute approximate surface area is 173 Å². The van der Waals surface area contributed by atoms with E-state index in [2.05, 4.69) is 5.32 Å². The molecule has 2 aliphatic rings. The lowest BCUT2D eigenvalue weighted by molar-refractivity contribution is -0.129. The van der Waals surface area contributed by atoms with Crippen molar-refractivity contribution in [3.8, 4) is 0 Å². The van der Waals surface area contributed by atoms with Crippen LogP contribution in [0.15, 0.2) is 4.42 Å². The van der Waals surface area contributed by atoms with Gasteiger partial charge in [-0.25, -0.2) is 10.5 Å². The average molecular weight is 408 g/mol. The molecule has 2 heterocycles. The molecule has 0 aromatic carbocycles. The summed E-state index contributed by atoms with van der Waals surface area (Å²) in [4.78, 5) is 16.6. The Morgan fingerprint density at radius 2 is 1.97 bits per heavy atom. The summed E-state index contributed by atoms with van der Waals surface area (Å²) in [6, 6.07) is 0.453. The number of nitrogens with zero attached hydrogens (tertiary/aromatic N) is 1.